The molecule has 0 saturated carbocycles. The topological polar surface area (TPSA) is 76.8 Å². The Morgan fingerprint density at radius 1 is 1.25 bits per heavy atom. The average Bonchev–Trinajstić information content (AvgIpc) is 2.46. The number of piperazine rings is 1. The van der Waals surface area contributed by atoms with Crippen molar-refractivity contribution in [2.24, 2.45) is 0 Å². The zero-order chi connectivity index (χ0) is 14.4. The van der Waals surface area contributed by atoms with Crippen molar-refractivity contribution < 1.29 is 9.39 Å². The molecule has 7 heteroatoms. The molecule has 0 spiro atoms. The number of nitrogen functional groups attached to an aromatic ring is 1. The molecule has 1 aliphatic heterocycles. The van der Waals surface area contributed by atoms with Gasteiger partial charge in [-0.25, -0.2) is 0 Å². The van der Waals surface area contributed by atoms with Crippen molar-refractivity contribution in [2.75, 3.05) is 52.1 Å². The van der Waals surface area contributed by atoms with Crippen LogP contribution in [0.25, 0.3) is 0 Å². The molecule has 3 N–H and O–H groups in total. The number of benzene rings is 1. The van der Waals surface area contributed by atoms with E-state index in [4.69, 9.17) is 10.6 Å². The quantitative estimate of drug-likeness (QED) is 0.335. The van der Waals surface area contributed by atoms with Gasteiger partial charge < -0.3 is 15.2 Å². The molecule has 6 nitrogen and oxygen atoms in total. The van der Waals surface area contributed by atoms with E-state index < -0.39 is 11.4 Å². The Balaban J connectivity index is 1.62. The molecule has 1 unspecified atom stereocenters. The highest BCUT2D eigenvalue weighted by Crippen LogP contribution is 2.11. The lowest BCUT2D eigenvalue weighted by atomic mass is 10.3. The predicted molar refractivity (Wildman–Crippen MR) is 80.3 cm³/mol. The van der Waals surface area contributed by atoms with E-state index in [0.29, 0.717) is 17.2 Å². The lowest BCUT2D eigenvalue weighted by molar-refractivity contribution is 0.0567. The molecule has 1 saturated heterocycles. The minimum Gasteiger partial charge on any atom is -0.591 e. The largest absolute Gasteiger partial charge is 0.591 e. The maximum Gasteiger partial charge on any atom is 0.176 e. The van der Waals surface area contributed by atoms with E-state index >= 15 is 0 Å². The molecule has 112 valence electrons. The lowest BCUT2D eigenvalue weighted by Crippen LogP contribution is -2.45. The maximum absolute atomic E-state index is 11.9. The van der Waals surface area contributed by atoms with Gasteiger partial charge in [-0.15, -0.1) is 0 Å². The lowest BCUT2D eigenvalue weighted by Gasteiger charge is -2.31. The molecule has 1 aliphatic rings. The van der Waals surface area contributed by atoms with Crippen molar-refractivity contribution in [3.05, 3.63) is 24.3 Å². The fourth-order valence-corrected chi connectivity index (χ4v) is 2.65. The Morgan fingerprint density at radius 3 is 2.55 bits per heavy atom. The van der Waals surface area contributed by atoms with Crippen LogP contribution in [0.2, 0.25) is 0 Å². The van der Waals surface area contributed by atoms with E-state index in [1.807, 2.05) is 0 Å². The van der Waals surface area contributed by atoms with Crippen molar-refractivity contribution in [2.45, 2.75) is 4.90 Å². The Labute approximate surface area is 123 Å². The summed E-state index contributed by atoms with van der Waals surface area (Å²) < 4.78 is 11.9. The molecule has 1 aromatic carbocycles. The van der Waals surface area contributed by atoms with Gasteiger partial charge in [0.2, 0.25) is 0 Å². The second-order valence-corrected chi connectivity index (χ2v) is 6.09. The van der Waals surface area contributed by atoms with Crippen molar-refractivity contribution in [1.29, 1.82) is 0 Å². The van der Waals surface area contributed by atoms with Gasteiger partial charge in [-0.1, -0.05) is 0 Å². The highest BCUT2D eigenvalue weighted by Gasteiger charge is 2.14. The number of rotatable bonds is 6. The van der Waals surface area contributed by atoms with Crippen LogP contribution in [0, 0.1) is 0 Å². The summed E-state index contributed by atoms with van der Waals surface area (Å²) in [5.41, 5.74) is 6.24. The van der Waals surface area contributed by atoms with Gasteiger partial charge in [0.05, 0.1) is 6.61 Å². The minimum atomic E-state index is -1.36. The van der Waals surface area contributed by atoms with Crippen LogP contribution >= 0.6 is 0 Å². The van der Waals surface area contributed by atoms with Crippen LogP contribution in [0.5, 0.6) is 0 Å². The summed E-state index contributed by atoms with van der Waals surface area (Å²) in [6, 6.07) is 6.89. The first-order valence-electron chi connectivity index (χ1n) is 6.71. The van der Waals surface area contributed by atoms with E-state index in [1.165, 1.54) is 0 Å². The first-order chi connectivity index (χ1) is 9.65. The number of nitrogens with two attached hydrogens (primary N) is 1. The molecule has 1 atom stereocenters. The third-order valence-electron chi connectivity index (χ3n) is 3.33. The number of anilines is 1. The third-order valence-corrected chi connectivity index (χ3v) is 4.30. The molecule has 20 heavy (non-hydrogen) atoms. The Hall–Kier alpha value is -0.830. The summed E-state index contributed by atoms with van der Waals surface area (Å²) in [5.74, 6) is 0. The van der Waals surface area contributed by atoms with Gasteiger partial charge >= 0.3 is 0 Å². The monoisotopic (exact) mass is 298 g/mol. The zero-order valence-corrected chi connectivity index (χ0v) is 12.6. The fraction of sp³-hybridized carbons (Fsp3) is 0.538. The zero-order valence-electron chi connectivity index (χ0n) is 11.7. The Morgan fingerprint density at radius 2 is 1.90 bits per heavy atom. The van der Waals surface area contributed by atoms with Crippen molar-refractivity contribution in [3.8, 4) is 0 Å². The summed E-state index contributed by atoms with van der Waals surface area (Å²) in [6.45, 7) is 5.65. The molecule has 0 radical (unpaired) electrons. The number of nitrogens with zero attached hydrogens (tertiary/aromatic N) is 2. The highest BCUT2D eigenvalue weighted by atomic mass is 32.2. The van der Waals surface area contributed by atoms with Crippen LogP contribution in [0.15, 0.2) is 29.2 Å². The average molecular weight is 298 g/mol. The predicted octanol–water partition coefficient (Wildman–Crippen LogP) is 0.0600. The van der Waals surface area contributed by atoms with Gasteiger partial charge in [0.25, 0.3) is 0 Å². The SMILES string of the molecule is CN1CCN(CCON[S+]([O-])c2ccc(N)cc2)CC1. The van der Waals surface area contributed by atoms with Gasteiger partial charge in [-0.2, -0.15) is 0 Å². The van der Waals surface area contributed by atoms with E-state index in [0.717, 1.165) is 32.7 Å². The van der Waals surface area contributed by atoms with Crippen molar-refractivity contribution in [3.63, 3.8) is 0 Å². The second kappa shape index (κ2) is 7.82. The number of hydrogen-bond acceptors (Lipinski definition) is 6. The molecular weight excluding hydrogens is 276 g/mol. The second-order valence-electron chi connectivity index (χ2n) is 4.91. The summed E-state index contributed by atoms with van der Waals surface area (Å²) in [6.07, 6.45) is 0. The standard InChI is InChI=1S/C13H22N4O2S/c1-16-6-8-17(9-7-16)10-11-19-15-20(18)13-4-2-12(14)3-5-13/h2-5,15H,6-11,14H2,1H3. The molecule has 0 amide bonds. The number of hydrogen-bond donors (Lipinski definition) is 2. The van der Waals surface area contributed by atoms with Gasteiger partial charge in [0.15, 0.2) is 4.90 Å². The summed E-state index contributed by atoms with van der Waals surface area (Å²) in [4.78, 5) is 13.1. The molecular formula is C13H22N4O2S. The molecule has 1 heterocycles. The van der Waals surface area contributed by atoms with Gasteiger partial charge in [0, 0.05) is 38.4 Å². The maximum atomic E-state index is 11.9. The first kappa shape index (κ1) is 15.6. The minimum absolute atomic E-state index is 0.518. The van der Waals surface area contributed by atoms with Crippen molar-refractivity contribution >= 4 is 17.0 Å². The van der Waals surface area contributed by atoms with Crippen molar-refractivity contribution in [1.82, 2.24) is 14.7 Å². The normalized spacial score (nSPS) is 19.1. The summed E-state index contributed by atoms with van der Waals surface area (Å²) in [7, 11) is 2.13. The Kier molecular flexibility index (Phi) is 6.08. The molecule has 0 aromatic heterocycles. The fourth-order valence-electron chi connectivity index (χ4n) is 1.98. The first-order valence-corrected chi connectivity index (χ1v) is 7.86. The molecule has 2 rings (SSSR count). The number of likely N-dealkylation sites (N-methyl/N-ethyl adjacent to an activating group) is 1. The molecule has 0 bridgehead atoms. The summed E-state index contributed by atoms with van der Waals surface area (Å²) >= 11 is -1.36. The third kappa shape index (κ3) is 4.93. The van der Waals surface area contributed by atoms with Gasteiger partial charge in [0.1, 0.15) is 11.4 Å². The van der Waals surface area contributed by atoms with E-state index in [2.05, 4.69) is 21.7 Å². The number of nitrogens with one attached hydrogen (secondary N) is 1. The van der Waals surface area contributed by atoms with E-state index in [9.17, 15) is 4.55 Å². The Bertz CT molecular complexity index is 396. The smallest absolute Gasteiger partial charge is 0.176 e. The van der Waals surface area contributed by atoms with E-state index in [-0.39, 0.29) is 0 Å². The van der Waals surface area contributed by atoms with Gasteiger partial charge in [-0.3, -0.25) is 9.74 Å². The van der Waals surface area contributed by atoms with Crippen LogP contribution in [0.4, 0.5) is 5.69 Å². The molecule has 1 aromatic rings. The van der Waals surface area contributed by atoms with E-state index in [1.54, 1.807) is 24.3 Å². The van der Waals surface area contributed by atoms with Crippen LogP contribution in [0.1, 0.15) is 0 Å². The summed E-state index contributed by atoms with van der Waals surface area (Å²) in [5, 5.41) is 0. The highest BCUT2D eigenvalue weighted by molar-refractivity contribution is 7.89. The van der Waals surface area contributed by atoms with Crippen LogP contribution in [0.3, 0.4) is 0 Å². The van der Waals surface area contributed by atoms with Crippen LogP contribution < -0.4 is 10.6 Å². The van der Waals surface area contributed by atoms with Gasteiger partial charge in [-0.05, 0) is 36.2 Å². The van der Waals surface area contributed by atoms with Crippen LogP contribution in [-0.2, 0) is 16.2 Å². The van der Waals surface area contributed by atoms with Crippen LogP contribution in [-0.4, -0.2) is 60.7 Å². The molecule has 1 fully saturated rings. The molecule has 0 aliphatic carbocycles.